The summed E-state index contributed by atoms with van der Waals surface area (Å²) in [6, 6.07) is 18.3. The van der Waals surface area contributed by atoms with Crippen LogP contribution in [0.25, 0.3) is 0 Å². The van der Waals surface area contributed by atoms with Gasteiger partial charge in [-0.25, -0.2) is 0 Å². The third kappa shape index (κ3) is 3.83. The van der Waals surface area contributed by atoms with Gasteiger partial charge in [0.2, 0.25) is 0 Å². The lowest BCUT2D eigenvalue weighted by atomic mass is 9.82. The van der Waals surface area contributed by atoms with E-state index >= 15 is 0 Å². The predicted octanol–water partition coefficient (Wildman–Crippen LogP) is 5.55. The molecule has 2 fully saturated rings. The zero-order valence-electron chi connectivity index (χ0n) is 20.8. The lowest BCUT2D eigenvalue weighted by Crippen LogP contribution is -2.53. The van der Waals surface area contributed by atoms with E-state index in [1.54, 1.807) is 12.1 Å². The maximum atomic E-state index is 9.19. The molecule has 6 nitrogen and oxygen atoms in total. The molecule has 1 saturated heterocycles. The quantitative estimate of drug-likeness (QED) is 0.513. The van der Waals surface area contributed by atoms with Crippen molar-refractivity contribution in [3.8, 4) is 11.8 Å². The van der Waals surface area contributed by atoms with Crippen LogP contribution in [0.3, 0.4) is 0 Å². The average molecular weight is 460 g/mol. The van der Waals surface area contributed by atoms with Crippen LogP contribution in [0, 0.1) is 39.0 Å². The summed E-state index contributed by atoms with van der Waals surface area (Å²) in [5.41, 5.74) is 5.46. The molecule has 1 aromatic carbocycles. The second kappa shape index (κ2) is 8.33. The van der Waals surface area contributed by atoms with Crippen molar-refractivity contribution in [2.75, 3.05) is 0 Å². The fraction of sp³-hybridized carbons (Fsp3) is 0.464. The molecule has 1 aliphatic carbocycles. The zero-order valence-corrected chi connectivity index (χ0v) is 20.8. The molecule has 5 atom stereocenters. The number of nitriles is 1. The fourth-order valence-corrected chi connectivity index (χ4v) is 5.93. The Balaban J connectivity index is 1.61. The van der Waals surface area contributed by atoms with Gasteiger partial charge in [0.1, 0.15) is 24.1 Å². The van der Waals surface area contributed by atoms with Gasteiger partial charge in [-0.05, 0) is 96.5 Å². The van der Waals surface area contributed by atoms with Crippen LogP contribution in [0.15, 0.2) is 48.5 Å². The number of rotatable bonds is 4. The van der Waals surface area contributed by atoms with Gasteiger partial charge in [0.05, 0.1) is 23.7 Å². The Bertz CT molecular complexity index is 1190. The van der Waals surface area contributed by atoms with Gasteiger partial charge in [-0.2, -0.15) is 5.26 Å². The molecule has 0 bridgehead atoms. The first-order chi connectivity index (χ1) is 16.2. The summed E-state index contributed by atoms with van der Waals surface area (Å²) in [6.07, 6.45) is 0.207. The van der Waals surface area contributed by atoms with Crippen LogP contribution in [0.4, 0.5) is 0 Å². The van der Waals surface area contributed by atoms with Gasteiger partial charge in [-0.1, -0.05) is 0 Å². The highest BCUT2D eigenvalue weighted by atomic mass is 16.8. The smallest absolute Gasteiger partial charge is 0.164 e. The Kier molecular flexibility index (Phi) is 5.58. The summed E-state index contributed by atoms with van der Waals surface area (Å²) >= 11 is 0. The lowest BCUT2D eigenvalue weighted by molar-refractivity contribution is -0.154. The molecule has 1 aliphatic heterocycles. The van der Waals surface area contributed by atoms with Gasteiger partial charge in [0, 0.05) is 22.8 Å². The molecule has 3 heterocycles. The second-order valence-corrected chi connectivity index (χ2v) is 10.1. The van der Waals surface area contributed by atoms with E-state index in [2.05, 4.69) is 67.2 Å². The SMILES string of the molecule is Cc1ccc(C)n1C1CC(n2c(C)ccc2C)C2OC(C)(C)OC2C1Oc1ccc(C#N)cc1. The summed E-state index contributed by atoms with van der Waals surface area (Å²) < 4.78 is 24.6. The highest BCUT2D eigenvalue weighted by Crippen LogP contribution is 2.48. The van der Waals surface area contributed by atoms with Crippen molar-refractivity contribution in [3.63, 3.8) is 0 Å². The molecule has 0 N–H and O–H groups in total. The van der Waals surface area contributed by atoms with Gasteiger partial charge in [-0.15, -0.1) is 0 Å². The van der Waals surface area contributed by atoms with E-state index in [0.29, 0.717) is 5.56 Å². The molecule has 0 amide bonds. The summed E-state index contributed by atoms with van der Waals surface area (Å²) in [6.45, 7) is 12.6. The Hall–Kier alpha value is -3.01. The number of ether oxygens (including phenoxy) is 3. The van der Waals surface area contributed by atoms with Gasteiger partial charge < -0.3 is 23.3 Å². The summed E-state index contributed by atoms with van der Waals surface area (Å²) in [7, 11) is 0. The molecule has 2 aliphatic rings. The Labute approximate surface area is 201 Å². The molecule has 0 radical (unpaired) electrons. The van der Waals surface area contributed by atoms with Crippen LogP contribution in [0.1, 0.15) is 60.7 Å². The molecule has 6 heteroatoms. The summed E-state index contributed by atoms with van der Waals surface area (Å²) in [5, 5.41) is 9.19. The number of hydrogen-bond acceptors (Lipinski definition) is 4. The molecule has 178 valence electrons. The van der Waals surface area contributed by atoms with Gasteiger partial charge in [0.25, 0.3) is 0 Å². The van der Waals surface area contributed by atoms with Crippen LogP contribution < -0.4 is 4.74 Å². The number of nitrogens with zero attached hydrogens (tertiary/aromatic N) is 3. The minimum absolute atomic E-state index is 0.0515. The highest BCUT2D eigenvalue weighted by molar-refractivity contribution is 5.35. The Morgan fingerprint density at radius 1 is 0.794 bits per heavy atom. The van der Waals surface area contributed by atoms with Gasteiger partial charge >= 0.3 is 0 Å². The first-order valence-corrected chi connectivity index (χ1v) is 12.0. The van der Waals surface area contributed by atoms with Crippen LogP contribution in [-0.2, 0) is 9.47 Å². The first kappa shape index (κ1) is 22.8. The van der Waals surface area contributed by atoms with Crippen LogP contribution in [0.5, 0.6) is 5.75 Å². The minimum Gasteiger partial charge on any atom is -0.485 e. The number of aryl methyl sites for hydroxylation is 4. The summed E-state index contributed by atoms with van der Waals surface area (Å²) in [4.78, 5) is 0. The normalized spacial score (nSPS) is 27.9. The van der Waals surface area contributed by atoms with Crippen molar-refractivity contribution in [2.45, 2.75) is 84.1 Å². The van der Waals surface area contributed by atoms with Crippen LogP contribution in [-0.4, -0.2) is 33.2 Å². The van der Waals surface area contributed by atoms with Crippen molar-refractivity contribution in [1.29, 1.82) is 5.26 Å². The maximum absolute atomic E-state index is 9.19. The lowest BCUT2D eigenvalue weighted by Gasteiger charge is -2.44. The molecule has 5 unspecified atom stereocenters. The van der Waals surface area contributed by atoms with Gasteiger partial charge in [0.15, 0.2) is 5.79 Å². The second-order valence-electron chi connectivity index (χ2n) is 10.1. The van der Waals surface area contributed by atoms with Crippen molar-refractivity contribution < 1.29 is 14.2 Å². The predicted molar refractivity (Wildman–Crippen MR) is 130 cm³/mol. The maximum Gasteiger partial charge on any atom is 0.164 e. The number of aromatic nitrogens is 2. The van der Waals surface area contributed by atoms with Crippen LogP contribution in [0.2, 0.25) is 0 Å². The number of fused-ring (bicyclic) bond motifs is 1. The van der Waals surface area contributed by atoms with E-state index in [1.807, 2.05) is 26.0 Å². The Morgan fingerprint density at radius 3 is 1.82 bits per heavy atom. The summed E-state index contributed by atoms with van der Waals surface area (Å²) in [5.74, 6) is 0.0279. The van der Waals surface area contributed by atoms with E-state index < -0.39 is 5.79 Å². The van der Waals surface area contributed by atoms with Crippen LogP contribution >= 0.6 is 0 Å². The number of benzene rings is 1. The van der Waals surface area contributed by atoms with Crippen molar-refractivity contribution in [1.82, 2.24) is 9.13 Å². The molecule has 3 aromatic rings. The number of hydrogen-bond donors (Lipinski definition) is 0. The molecule has 2 aromatic heterocycles. The first-order valence-electron chi connectivity index (χ1n) is 12.0. The van der Waals surface area contributed by atoms with Crippen molar-refractivity contribution >= 4 is 0 Å². The minimum atomic E-state index is -0.704. The Morgan fingerprint density at radius 2 is 1.29 bits per heavy atom. The average Bonchev–Trinajstić information content (AvgIpc) is 3.43. The standard InChI is InChI=1S/C28H33N3O3/c1-17-7-8-18(2)30(17)23-15-24(31-19(3)9-10-20(31)4)26-27(34-28(5,6)33-26)25(23)32-22-13-11-21(16-29)12-14-22/h7-14,23-27H,15H2,1-6H3. The van der Waals surface area contributed by atoms with E-state index in [1.165, 1.54) is 22.8 Å². The van der Waals surface area contributed by atoms with E-state index in [0.717, 1.165) is 12.2 Å². The van der Waals surface area contributed by atoms with E-state index in [-0.39, 0.29) is 30.4 Å². The van der Waals surface area contributed by atoms with Crippen molar-refractivity contribution in [3.05, 3.63) is 76.9 Å². The molecule has 5 rings (SSSR count). The topological polar surface area (TPSA) is 61.3 Å². The fourth-order valence-electron chi connectivity index (χ4n) is 5.93. The van der Waals surface area contributed by atoms with Gasteiger partial charge in [-0.3, -0.25) is 0 Å². The molecule has 1 saturated carbocycles. The third-order valence-electron chi connectivity index (χ3n) is 7.30. The molecule has 34 heavy (non-hydrogen) atoms. The molecular weight excluding hydrogens is 426 g/mol. The van der Waals surface area contributed by atoms with E-state index in [4.69, 9.17) is 14.2 Å². The largest absolute Gasteiger partial charge is 0.485 e. The van der Waals surface area contributed by atoms with Crippen molar-refractivity contribution in [2.24, 2.45) is 0 Å². The molecular formula is C28H33N3O3. The highest BCUT2D eigenvalue weighted by Gasteiger charge is 2.56. The molecule has 0 spiro atoms. The third-order valence-corrected chi connectivity index (χ3v) is 7.30. The monoisotopic (exact) mass is 459 g/mol. The zero-order chi connectivity index (χ0) is 24.2. The van der Waals surface area contributed by atoms with E-state index in [9.17, 15) is 5.26 Å².